The van der Waals surface area contributed by atoms with Crippen molar-refractivity contribution in [1.82, 2.24) is 0 Å². The highest BCUT2D eigenvalue weighted by atomic mass is 35.5. The number of halogens is 3. The molecule has 0 aromatic heterocycles. The van der Waals surface area contributed by atoms with E-state index in [1.165, 1.54) is 0 Å². The molecule has 8 heteroatoms. The van der Waals surface area contributed by atoms with E-state index < -0.39 is 11.6 Å². The average Bonchev–Trinajstić information content (AvgIpc) is 2.12. The molecule has 0 saturated carbocycles. The summed E-state index contributed by atoms with van der Waals surface area (Å²) in [5.41, 5.74) is 15.1. The molecule has 0 radical (unpaired) electrons. The number of guanidine groups is 2. The monoisotopic (exact) mass is 247 g/mol. The Morgan fingerprint density at radius 1 is 1.12 bits per heavy atom. The summed E-state index contributed by atoms with van der Waals surface area (Å²) in [4.78, 5) is 6.88. The molecule has 86 valence electrons. The van der Waals surface area contributed by atoms with Crippen LogP contribution in [0.15, 0.2) is 22.1 Å². The molecule has 0 aliphatic rings. The standard InChI is InChI=1S/C8H8ClF2N5/c9-3-1-6(5(11)2-4(3)10)15-8(14)16-7(12)13/h1-2H,(H6,12,13,14,15,16). The fourth-order valence-corrected chi connectivity index (χ4v) is 1.04. The van der Waals surface area contributed by atoms with Crippen LogP contribution in [0, 0.1) is 11.6 Å². The predicted octanol–water partition coefficient (Wildman–Crippen LogP) is 0.838. The van der Waals surface area contributed by atoms with Gasteiger partial charge in [-0.25, -0.2) is 13.8 Å². The number of rotatable bonds is 1. The van der Waals surface area contributed by atoms with Crippen molar-refractivity contribution in [2.75, 3.05) is 0 Å². The van der Waals surface area contributed by atoms with Crippen LogP contribution in [0.2, 0.25) is 5.02 Å². The Morgan fingerprint density at radius 3 is 2.31 bits per heavy atom. The number of hydrogen-bond donors (Lipinski definition) is 3. The molecule has 0 amide bonds. The highest BCUT2D eigenvalue weighted by molar-refractivity contribution is 6.31. The zero-order chi connectivity index (χ0) is 12.3. The second kappa shape index (κ2) is 4.75. The summed E-state index contributed by atoms with van der Waals surface area (Å²) in [7, 11) is 0. The van der Waals surface area contributed by atoms with E-state index in [1.54, 1.807) is 0 Å². The molecule has 0 unspecified atom stereocenters. The summed E-state index contributed by atoms with van der Waals surface area (Å²) in [6, 6.07) is 1.56. The Hall–Kier alpha value is -1.89. The van der Waals surface area contributed by atoms with Gasteiger partial charge in [-0.15, -0.1) is 0 Å². The molecule has 0 atom stereocenters. The van der Waals surface area contributed by atoms with Crippen molar-refractivity contribution in [3.63, 3.8) is 0 Å². The third-order valence-electron chi connectivity index (χ3n) is 1.47. The number of hydrogen-bond acceptors (Lipinski definition) is 1. The van der Waals surface area contributed by atoms with Crippen molar-refractivity contribution in [3.05, 3.63) is 28.8 Å². The van der Waals surface area contributed by atoms with Gasteiger partial charge >= 0.3 is 0 Å². The molecule has 0 saturated heterocycles. The number of benzene rings is 1. The van der Waals surface area contributed by atoms with Gasteiger partial charge in [0.05, 0.1) is 5.02 Å². The first-order chi connectivity index (χ1) is 7.40. The summed E-state index contributed by atoms with van der Waals surface area (Å²) >= 11 is 5.44. The van der Waals surface area contributed by atoms with Gasteiger partial charge in [0.15, 0.2) is 11.8 Å². The largest absolute Gasteiger partial charge is 0.370 e. The summed E-state index contributed by atoms with van der Waals surface area (Å²) in [6.45, 7) is 0. The summed E-state index contributed by atoms with van der Waals surface area (Å²) < 4.78 is 25.9. The van der Waals surface area contributed by atoms with Gasteiger partial charge in [-0.05, 0) is 6.07 Å². The van der Waals surface area contributed by atoms with Gasteiger partial charge in [-0.1, -0.05) is 11.6 Å². The van der Waals surface area contributed by atoms with Crippen molar-refractivity contribution >= 4 is 29.2 Å². The Kier molecular flexibility index (Phi) is 3.62. The molecule has 6 N–H and O–H groups in total. The lowest BCUT2D eigenvalue weighted by Crippen LogP contribution is -2.26. The molecular formula is C8H8ClF2N5. The minimum atomic E-state index is -0.921. The van der Waals surface area contributed by atoms with Gasteiger partial charge in [0.1, 0.15) is 11.5 Å². The van der Waals surface area contributed by atoms with E-state index in [9.17, 15) is 8.78 Å². The van der Waals surface area contributed by atoms with Gasteiger partial charge in [0.2, 0.25) is 5.96 Å². The number of nitrogens with two attached hydrogens (primary N) is 3. The minimum absolute atomic E-state index is 0.256. The van der Waals surface area contributed by atoms with Gasteiger partial charge in [0, 0.05) is 6.07 Å². The van der Waals surface area contributed by atoms with E-state index in [0.29, 0.717) is 6.07 Å². The van der Waals surface area contributed by atoms with E-state index in [0.717, 1.165) is 6.07 Å². The van der Waals surface area contributed by atoms with Crippen LogP contribution in [0.3, 0.4) is 0 Å². The Bertz CT molecular complexity index is 468. The van der Waals surface area contributed by atoms with Gasteiger partial charge in [0.25, 0.3) is 0 Å². The van der Waals surface area contributed by atoms with Crippen molar-refractivity contribution in [2.45, 2.75) is 0 Å². The second-order valence-electron chi connectivity index (χ2n) is 2.72. The lowest BCUT2D eigenvalue weighted by molar-refractivity contribution is 0.585. The van der Waals surface area contributed by atoms with Crippen LogP contribution in [0.5, 0.6) is 0 Å². The predicted molar refractivity (Wildman–Crippen MR) is 58.5 cm³/mol. The first-order valence-electron chi connectivity index (χ1n) is 3.98. The number of aliphatic imine (C=N–C) groups is 2. The highest BCUT2D eigenvalue weighted by Crippen LogP contribution is 2.25. The van der Waals surface area contributed by atoms with E-state index >= 15 is 0 Å². The Labute approximate surface area is 94.6 Å². The zero-order valence-electron chi connectivity index (χ0n) is 7.92. The van der Waals surface area contributed by atoms with E-state index in [-0.39, 0.29) is 22.6 Å². The van der Waals surface area contributed by atoms with Crippen molar-refractivity contribution in [1.29, 1.82) is 0 Å². The first-order valence-corrected chi connectivity index (χ1v) is 4.36. The smallest absolute Gasteiger partial charge is 0.223 e. The van der Waals surface area contributed by atoms with E-state index in [2.05, 4.69) is 9.98 Å². The zero-order valence-corrected chi connectivity index (χ0v) is 8.67. The quantitative estimate of drug-likeness (QED) is 0.389. The molecule has 0 aliphatic carbocycles. The van der Waals surface area contributed by atoms with Crippen LogP contribution in [-0.2, 0) is 0 Å². The molecule has 16 heavy (non-hydrogen) atoms. The summed E-state index contributed by atoms with van der Waals surface area (Å²) in [6.07, 6.45) is 0. The van der Waals surface area contributed by atoms with Crippen molar-refractivity contribution in [3.8, 4) is 0 Å². The topological polar surface area (TPSA) is 103 Å². The average molecular weight is 248 g/mol. The maximum Gasteiger partial charge on any atom is 0.223 e. The van der Waals surface area contributed by atoms with Crippen molar-refractivity contribution < 1.29 is 8.78 Å². The fourth-order valence-electron chi connectivity index (χ4n) is 0.878. The van der Waals surface area contributed by atoms with Crippen LogP contribution in [0.25, 0.3) is 0 Å². The first kappa shape index (κ1) is 12.2. The third kappa shape index (κ3) is 3.06. The summed E-state index contributed by atoms with van der Waals surface area (Å²) in [5.74, 6) is -2.49. The van der Waals surface area contributed by atoms with Gasteiger partial charge in [-0.3, -0.25) is 0 Å². The third-order valence-corrected chi connectivity index (χ3v) is 1.76. The van der Waals surface area contributed by atoms with Crippen molar-refractivity contribution in [2.24, 2.45) is 27.2 Å². The lowest BCUT2D eigenvalue weighted by Gasteiger charge is -2.00. The van der Waals surface area contributed by atoms with Gasteiger partial charge < -0.3 is 17.2 Å². The molecular weight excluding hydrogens is 240 g/mol. The maximum atomic E-state index is 13.2. The van der Waals surface area contributed by atoms with E-state index in [4.69, 9.17) is 28.8 Å². The van der Waals surface area contributed by atoms with Crippen LogP contribution in [0.4, 0.5) is 14.5 Å². The van der Waals surface area contributed by atoms with E-state index in [1.807, 2.05) is 0 Å². The molecule has 1 aromatic carbocycles. The highest BCUT2D eigenvalue weighted by Gasteiger charge is 2.08. The molecule has 1 rings (SSSR count). The molecule has 0 spiro atoms. The maximum absolute atomic E-state index is 13.2. The molecule has 0 bridgehead atoms. The molecule has 1 aromatic rings. The van der Waals surface area contributed by atoms with Crippen LogP contribution in [0.1, 0.15) is 0 Å². The molecule has 0 heterocycles. The minimum Gasteiger partial charge on any atom is -0.370 e. The summed E-state index contributed by atoms with van der Waals surface area (Å²) in [5, 5.41) is -0.280. The number of nitrogens with zero attached hydrogens (tertiary/aromatic N) is 2. The van der Waals surface area contributed by atoms with Crippen LogP contribution in [-0.4, -0.2) is 11.9 Å². The lowest BCUT2D eigenvalue weighted by atomic mass is 10.3. The Balaban J connectivity index is 3.15. The second-order valence-corrected chi connectivity index (χ2v) is 3.13. The molecule has 5 nitrogen and oxygen atoms in total. The SMILES string of the molecule is NC(N)=NC(N)=Nc1cc(Cl)c(F)cc1F. The molecule has 0 fully saturated rings. The fraction of sp³-hybridized carbons (Fsp3) is 0. The van der Waals surface area contributed by atoms with Gasteiger partial charge in [-0.2, -0.15) is 4.99 Å². The normalized spacial score (nSPS) is 11.3. The Morgan fingerprint density at radius 2 is 1.75 bits per heavy atom. The van der Waals surface area contributed by atoms with Crippen LogP contribution < -0.4 is 17.2 Å². The molecule has 0 aliphatic heterocycles. The van der Waals surface area contributed by atoms with Crippen LogP contribution >= 0.6 is 11.6 Å².